The zero-order valence-corrected chi connectivity index (χ0v) is 7.48. The predicted molar refractivity (Wildman–Crippen MR) is 47.4 cm³/mol. The molecule has 5 heteroatoms. The highest BCUT2D eigenvalue weighted by molar-refractivity contribution is 7.80. The Morgan fingerprint density at radius 3 is 3.08 bits per heavy atom. The molecule has 0 spiro atoms. The first-order chi connectivity index (χ1) is 5.68. The molecule has 0 N–H and O–H groups in total. The van der Waals surface area contributed by atoms with Crippen LogP contribution in [0.1, 0.15) is 0 Å². The molecule has 0 fully saturated rings. The van der Waals surface area contributed by atoms with E-state index in [1.165, 1.54) is 10.6 Å². The summed E-state index contributed by atoms with van der Waals surface area (Å²) in [6.07, 6.45) is 2.91. The average molecular weight is 203 g/mol. The van der Waals surface area contributed by atoms with E-state index in [9.17, 15) is 4.39 Å². The van der Waals surface area contributed by atoms with Crippen molar-refractivity contribution in [2.45, 2.75) is 4.90 Å². The minimum atomic E-state index is -0.546. The minimum Gasteiger partial charge on any atom is -0.303 e. The maximum absolute atomic E-state index is 12.6. The van der Waals surface area contributed by atoms with Crippen molar-refractivity contribution in [2.75, 3.05) is 0 Å². The Kier molecular flexibility index (Phi) is 1.73. The van der Waals surface area contributed by atoms with Crippen LogP contribution < -0.4 is 0 Å². The Labute approximate surface area is 78.4 Å². The van der Waals surface area contributed by atoms with E-state index in [0.717, 1.165) is 0 Å². The summed E-state index contributed by atoms with van der Waals surface area (Å²) in [6, 6.07) is 1.68. The molecule has 0 radical (unpaired) electrons. The molecule has 0 aliphatic heterocycles. The lowest BCUT2D eigenvalue weighted by molar-refractivity contribution is 0.592. The van der Waals surface area contributed by atoms with Gasteiger partial charge in [-0.2, -0.15) is 9.37 Å². The lowest BCUT2D eigenvalue weighted by Crippen LogP contribution is -1.83. The maximum Gasteiger partial charge on any atom is 0.231 e. The first kappa shape index (κ1) is 7.89. The largest absolute Gasteiger partial charge is 0.303 e. The number of pyridine rings is 1. The fraction of sp³-hybridized carbons (Fsp3) is 0. The highest BCUT2D eigenvalue weighted by atomic mass is 35.5. The third-order valence-corrected chi connectivity index (χ3v) is 2.39. The van der Waals surface area contributed by atoms with E-state index in [2.05, 4.69) is 17.6 Å². The van der Waals surface area contributed by atoms with Crippen LogP contribution in [0.5, 0.6) is 0 Å². The van der Waals surface area contributed by atoms with Crippen molar-refractivity contribution in [1.82, 2.24) is 9.38 Å². The topological polar surface area (TPSA) is 17.3 Å². The number of imidazole rings is 1. The van der Waals surface area contributed by atoms with Gasteiger partial charge in [0, 0.05) is 11.1 Å². The van der Waals surface area contributed by atoms with E-state index in [1.807, 2.05) is 0 Å². The smallest absolute Gasteiger partial charge is 0.231 e. The summed E-state index contributed by atoms with van der Waals surface area (Å²) in [6.45, 7) is 0. The van der Waals surface area contributed by atoms with Gasteiger partial charge in [-0.05, 0) is 6.07 Å². The Bertz CT molecular complexity index is 440. The van der Waals surface area contributed by atoms with Crippen molar-refractivity contribution >= 4 is 29.9 Å². The van der Waals surface area contributed by atoms with Crippen molar-refractivity contribution in [1.29, 1.82) is 0 Å². The van der Waals surface area contributed by atoms with Crippen LogP contribution in [-0.2, 0) is 0 Å². The molecule has 62 valence electrons. The number of fused-ring (bicyclic) bond motifs is 1. The number of hydrogen-bond donors (Lipinski definition) is 1. The monoisotopic (exact) mass is 202 g/mol. The minimum absolute atomic E-state index is 0.365. The van der Waals surface area contributed by atoms with Crippen LogP contribution in [0.3, 0.4) is 0 Å². The molecule has 0 atom stereocenters. The Morgan fingerprint density at radius 2 is 2.33 bits per heavy atom. The summed E-state index contributed by atoms with van der Waals surface area (Å²) in [5.74, 6) is -0.546. The van der Waals surface area contributed by atoms with Crippen molar-refractivity contribution in [2.24, 2.45) is 0 Å². The molecular weight excluding hydrogens is 199 g/mol. The summed E-state index contributed by atoms with van der Waals surface area (Å²) in [7, 11) is 0. The third-order valence-electron chi connectivity index (χ3n) is 1.52. The van der Waals surface area contributed by atoms with Crippen LogP contribution in [0.4, 0.5) is 4.39 Å². The Balaban J connectivity index is 2.89. The molecule has 0 bridgehead atoms. The molecule has 0 saturated heterocycles. The predicted octanol–water partition coefficient (Wildman–Crippen LogP) is 2.42. The van der Waals surface area contributed by atoms with E-state index >= 15 is 0 Å². The van der Waals surface area contributed by atoms with Crippen LogP contribution in [0.25, 0.3) is 5.65 Å². The first-order valence-electron chi connectivity index (χ1n) is 3.20. The van der Waals surface area contributed by atoms with Gasteiger partial charge in [0.1, 0.15) is 0 Å². The molecule has 0 aliphatic carbocycles. The Morgan fingerprint density at radius 1 is 1.58 bits per heavy atom. The van der Waals surface area contributed by atoms with Crippen LogP contribution in [0.2, 0.25) is 5.02 Å². The van der Waals surface area contributed by atoms with E-state index in [4.69, 9.17) is 11.6 Å². The van der Waals surface area contributed by atoms with E-state index in [0.29, 0.717) is 15.6 Å². The van der Waals surface area contributed by atoms with Gasteiger partial charge in [0.2, 0.25) is 5.95 Å². The van der Waals surface area contributed by atoms with E-state index in [-0.39, 0.29) is 0 Å². The summed E-state index contributed by atoms with van der Waals surface area (Å²) in [5, 5.41) is 0.365. The quantitative estimate of drug-likeness (QED) is 0.650. The summed E-state index contributed by atoms with van der Waals surface area (Å²) in [5.41, 5.74) is 0.390. The van der Waals surface area contributed by atoms with Crippen LogP contribution in [0, 0.1) is 5.95 Å². The molecule has 0 aromatic carbocycles. The number of thiol groups is 1. The molecule has 0 amide bonds. The highest BCUT2D eigenvalue weighted by Gasteiger charge is 2.06. The molecule has 0 aliphatic rings. The fourth-order valence-electron chi connectivity index (χ4n) is 0.978. The van der Waals surface area contributed by atoms with Gasteiger partial charge in [0.05, 0.1) is 11.2 Å². The molecule has 2 heterocycles. The molecule has 0 unspecified atom stereocenters. The second-order valence-electron chi connectivity index (χ2n) is 2.31. The van der Waals surface area contributed by atoms with Crippen molar-refractivity contribution in [3.8, 4) is 0 Å². The van der Waals surface area contributed by atoms with Crippen molar-refractivity contribution < 1.29 is 4.39 Å². The Hall–Kier alpha value is -0.740. The number of hydrogen-bond acceptors (Lipinski definition) is 2. The molecule has 2 aromatic heterocycles. The number of aromatic nitrogens is 2. The van der Waals surface area contributed by atoms with Gasteiger partial charge < -0.3 is 4.40 Å². The van der Waals surface area contributed by atoms with Crippen LogP contribution in [-0.4, -0.2) is 9.38 Å². The number of halogens is 2. The molecule has 2 rings (SSSR count). The lowest BCUT2D eigenvalue weighted by atomic mass is 10.5. The molecule has 12 heavy (non-hydrogen) atoms. The second-order valence-corrected chi connectivity index (χ2v) is 3.17. The van der Waals surface area contributed by atoms with Gasteiger partial charge in [-0.1, -0.05) is 11.6 Å². The first-order valence-corrected chi connectivity index (χ1v) is 4.02. The molecule has 2 aromatic rings. The number of nitrogens with zero attached hydrogens (tertiary/aromatic N) is 2. The molecular formula is C7H4ClFN2S. The summed E-state index contributed by atoms with van der Waals surface area (Å²) >= 11 is 9.89. The average Bonchev–Trinajstić information content (AvgIpc) is 2.39. The SMILES string of the molecule is Fc1cn2ccc(S)c(Cl)c2n1. The van der Waals surface area contributed by atoms with Crippen LogP contribution in [0.15, 0.2) is 23.4 Å². The van der Waals surface area contributed by atoms with Gasteiger partial charge in [-0.3, -0.25) is 0 Å². The van der Waals surface area contributed by atoms with Gasteiger partial charge in [-0.15, -0.1) is 12.6 Å². The van der Waals surface area contributed by atoms with Gasteiger partial charge in [0.25, 0.3) is 0 Å². The van der Waals surface area contributed by atoms with Gasteiger partial charge in [0.15, 0.2) is 5.65 Å². The lowest BCUT2D eigenvalue weighted by Gasteiger charge is -1.97. The van der Waals surface area contributed by atoms with Crippen LogP contribution >= 0.6 is 24.2 Å². The fourth-order valence-corrected chi connectivity index (χ4v) is 1.35. The second kappa shape index (κ2) is 2.64. The van der Waals surface area contributed by atoms with E-state index < -0.39 is 5.95 Å². The van der Waals surface area contributed by atoms with E-state index in [1.54, 1.807) is 12.3 Å². The maximum atomic E-state index is 12.6. The summed E-state index contributed by atoms with van der Waals surface area (Å²) < 4.78 is 14.1. The van der Waals surface area contributed by atoms with Crippen molar-refractivity contribution in [3.63, 3.8) is 0 Å². The third kappa shape index (κ3) is 1.07. The summed E-state index contributed by atoms with van der Waals surface area (Å²) in [4.78, 5) is 4.18. The zero-order valence-electron chi connectivity index (χ0n) is 5.83. The molecule has 0 saturated carbocycles. The zero-order chi connectivity index (χ0) is 8.72. The van der Waals surface area contributed by atoms with Gasteiger partial charge >= 0.3 is 0 Å². The normalized spacial score (nSPS) is 10.9. The standard InChI is InChI=1S/C7H4ClFN2S/c8-6-4(12)1-2-11-3-5(9)10-7(6)11/h1-3,12H. The molecule has 2 nitrogen and oxygen atoms in total. The number of rotatable bonds is 0. The highest BCUT2D eigenvalue weighted by Crippen LogP contribution is 2.23. The van der Waals surface area contributed by atoms with Gasteiger partial charge in [-0.25, -0.2) is 0 Å². The van der Waals surface area contributed by atoms with Crippen molar-refractivity contribution in [3.05, 3.63) is 29.4 Å².